The maximum Gasteiger partial charge on any atom is 0.183 e. The van der Waals surface area contributed by atoms with E-state index >= 15 is 0 Å². The third kappa shape index (κ3) is 1.72. The lowest BCUT2D eigenvalue weighted by Gasteiger charge is -1.97. The molecule has 0 aliphatic carbocycles. The smallest absolute Gasteiger partial charge is 0.183 e. The Hall–Kier alpha value is -2.34. The number of hydrogen-bond donors (Lipinski definition) is 1. The molecule has 3 aromatic rings. The second kappa shape index (κ2) is 4.15. The third-order valence-corrected chi connectivity index (χ3v) is 2.77. The molecule has 6 heteroatoms. The van der Waals surface area contributed by atoms with Crippen molar-refractivity contribution >= 4 is 22.9 Å². The van der Waals surface area contributed by atoms with Gasteiger partial charge in [0.15, 0.2) is 11.5 Å². The van der Waals surface area contributed by atoms with Crippen molar-refractivity contribution in [2.75, 3.05) is 0 Å². The molecule has 0 aromatic carbocycles. The largest absolute Gasteiger partial charge is 0.389 e. The second-order valence-electron chi connectivity index (χ2n) is 3.73. The zero-order chi connectivity index (χ0) is 12.5. The van der Waals surface area contributed by atoms with Gasteiger partial charge < -0.3 is 5.73 Å². The van der Waals surface area contributed by atoms with Gasteiger partial charge in [-0.25, -0.2) is 9.50 Å². The molecule has 5 nitrogen and oxygen atoms in total. The maximum atomic E-state index is 5.67. The van der Waals surface area contributed by atoms with Gasteiger partial charge in [0.25, 0.3) is 0 Å². The fourth-order valence-electron chi connectivity index (χ4n) is 1.72. The Balaban J connectivity index is 2.23. The van der Waals surface area contributed by atoms with Crippen molar-refractivity contribution in [2.24, 2.45) is 5.73 Å². The number of nitrogens with two attached hydrogens (primary N) is 1. The monoisotopic (exact) mass is 255 g/mol. The summed E-state index contributed by atoms with van der Waals surface area (Å²) in [6.07, 6.45) is 5.24. The van der Waals surface area contributed by atoms with E-state index in [9.17, 15) is 0 Å². The van der Waals surface area contributed by atoms with Crippen LogP contribution in [0.25, 0.3) is 17.0 Å². The molecule has 0 saturated heterocycles. The highest BCUT2D eigenvalue weighted by molar-refractivity contribution is 7.80. The zero-order valence-corrected chi connectivity index (χ0v) is 10.1. The van der Waals surface area contributed by atoms with Gasteiger partial charge in [0.05, 0.1) is 5.56 Å². The van der Waals surface area contributed by atoms with Crippen molar-refractivity contribution in [3.63, 3.8) is 0 Å². The van der Waals surface area contributed by atoms with Crippen LogP contribution in [0, 0.1) is 0 Å². The highest BCUT2D eigenvalue weighted by Crippen LogP contribution is 2.16. The summed E-state index contributed by atoms with van der Waals surface area (Å²) in [7, 11) is 0. The maximum absolute atomic E-state index is 5.67. The molecule has 0 aliphatic heterocycles. The minimum atomic E-state index is 0.311. The molecule has 18 heavy (non-hydrogen) atoms. The number of thiocarbonyl (C=S) groups is 1. The number of hydrogen-bond acceptors (Lipinski definition) is 4. The molecule has 0 saturated carbocycles. The average Bonchev–Trinajstić information content (AvgIpc) is 2.83. The van der Waals surface area contributed by atoms with E-state index in [1.54, 1.807) is 16.9 Å². The van der Waals surface area contributed by atoms with Crippen LogP contribution in [0.15, 0.2) is 42.9 Å². The molecule has 0 aliphatic rings. The fraction of sp³-hybridized carbons (Fsp3) is 0. The Morgan fingerprint density at radius 1 is 1.28 bits per heavy atom. The van der Waals surface area contributed by atoms with Gasteiger partial charge in [-0.1, -0.05) is 12.2 Å². The summed E-state index contributed by atoms with van der Waals surface area (Å²) in [5.74, 6) is 0.604. The predicted molar refractivity (Wildman–Crippen MR) is 72.1 cm³/mol. The van der Waals surface area contributed by atoms with Crippen LogP contribution in [-0.4, -0.2) is 24.6 Å². The van der Waals surface area contributed by atoms with E-state index in [4.69, 9.17) is 18.0 Å². The van der Waals surface area contributed by atoms with Crippen LogP contribution in [-0.2, 0) is 0 Å². The number of pyridine rings is 2. The van der Waals surface area contributed by atoms with Crippen LogP contribution in [0.1, 0.15) is 5.56 Å². The van der Waals surface area contributed by atoms with Gasteiger partial charge in [-0.05, 0) is 24.3 Å². The van der Waals surface area contributed by atoms with Crippen LogP contribution < -0.4 is 5.73 Å². The van der Waals surface area contributed by atoms with Gasteiger partial charge in [-0.15, -0.1) is 5.10 Å². The molecule has 2 N–H and O–H groups in total. The summed E-state index contributed by atoms with van der Waals surface area (Å²) in [5, 5.41) is 4.38. The van der Waals surface area contributed by atoms with Gasteiger partial charge in [0.1, 0.15) is 4.99 Å². The number of rotatable bonds is 2. The molecule has 0 bridgehead atoms. The topological polar surface area (TPSA) is 69.1 Å². The van der Waals surface area contributed by atoms with E-state index in [2.05, 4.69) is 15.1 Å². The van der Waals surface area contributed by atoms with E-state index in [0.717, 1.165) is 11.1 Å². The highest BCUT2D eigenvalue weighted by atomic mass is 32.1. The SMILES string of the molecule is NC(=S)c1cccn2nc(-c3cccnc3)nc12. The van der Waals surface area contributed by atoms with E-state index < -0.39 is 0 Å². The predicted octanol–water partition coefficient (Wildman–Crippen LogP) is 1.43. The first kappa shape index (κ1) is 10.8. The first-order valence-corrected chi connectivity index (χ1v) is 5.72. The molecule has 3 aromatic heterocycles. The molecule has 0 unspecified atom stereocenters. The molecule has 0 atom stereocenters. The normalized spacial score (nSPS) is 10.7. The molecule has 0 spiro atoms. The molecule has 0 radical (unpaired) electrons. The summed E-state index contributed by atoms with van der Waals surface area (Å²) in [6, 6.07) is 7.42. The lowest BCUT2D eigenvalue weighted by atomic mass is 10.2. The van der Waals surface area contributed by atoms with Crippen LogP contribution in [0.3, 0.4) is 0 Å². The fourth-order valence-corrected chi connectivity index (χ4v) is 1.88. The Morgan fingerprint density at radius 3 is 2.89 bits per heavy atom. The van der Waals surface area contributed by atoms with Crippen molar-refractivity contribution in [3.8, 4) is 11.4 Å². The number of nitrogens with zero attached hydrogens (tertiary/aromatic N) is 4. The van der Waals surface area contributed by atoms with Crippen molar-refractivity contribution in [1.82, 2.24) is 19.6 Å². The molecule has 3 heterocycles. The third-order valence-electron chi connectivity index (χ3n) is 2.55. The van der Waals surface area contributed by atoms with E-state index in [0.29, 0.717) is 16.5 Å². The number of aromatic nitrogens is 4. The molecule has 3 rings (SSSR count). The van der Waals surface area contributed by atoms with E-state index in [-0.39, 0.29) is 0 Å². The Kier molecular flexibility index (Phi) is 2.49. The van der Waals surface area contributed by atoms with Crippen LogP contribution >= 0.6 is 12.2 Å². The van der Waals surface area contributed by atoms with E-state index in [1.165, 1.54) is 0 Å². The van der Waals surface area contributed by atoms with Crippen molar-refractivity contribution in [3.05, 3.63) is 48.4 Å². The molecule has 0 fully saturated rings. The van der Waals surface area contributed by atoms with Gasteiger partial charge in [0, 0.05) is 24.2 Å². The van der Waals surface area contributed by atoms with Crippen LogP contribution in [0.2, 0.25) is 0 Å². The molecule has 0 amide bonds. The lowest BCUT2D eigenvalue weighted by Crippen LogP contribution is -2.11. The zero-order valence-electron chi connectivity index (χ0n) is 9.32. The summed E-state index contributed by atoms with van der Waals surface area (Å²) in [5.41, 5.74) is 7.90. The molecular formula is C12H9N5S. The van der Waals surface area contributed by atoms with E-state index in [1.807, 2.05) is 30.5 Å². The molecule has 88 valence electrons. The highest BCUT2D eigenvalue weighted by Gasteiger charge is 2.10. The van der Waals surface area contributed by atoms with Crippen molar-refractivity contribution < 1.29 is 0 Å². The van der Waals surface area contributed by atoms with Crippen LogP contribution in [0.4, 0.5) is 0 Å². The van der Waals surface area contributed by atoms with Gasteiger partial charge in [-0.2, -0.15) is 0 Å². The van der Waals surface area contributed by atoms with Gasteiger partial charge in [0.2, 0.25) is 0 Å². The van der Waals surface area contributed by atoms with Gasteiger partial charge in [-0.3, -0.25) is 4.98 Å². The van der Waals surface area contributed by atoms with Crippen LogP contribution in [0.5, 0.6) is 0 Å². The Bertz CT molecular complexity index is 720. The minimum Gasteiger partial charge on any atom is -0.389 e. The summed E-state index contributed by atoms with van der Waals surface area (Å²) >= 11 is 5.00. The summed E-state index contributed by atoms with van der Waals surface area (Å²) in [4.78, 5) is 8.81. The Labute approximate surface area is 108 Å². The molecular weight excluding hydrogens is 246 g/mol. The Morgan fingerprint density at radius 2 is 2.17 bits per heavy atom. The van der Waals surface area contributed by atoms with Crippen molar-refractivity contribution in [2.45, 2.75) is 0 Å². The quantitative estimate of drug-likeness (QED) is 0.701. The lowest BCUT2D eigenvalue weighted by molar-refractivity contribution is 0.964. The summed E-state index contributed by atoms with van der Waals surface area (Å²) < 4.78 is 1.66. The summed E-state index contributed by atoms with van der Waals surface area (Å²) in [6.45, 7) is 0. The van der Waals surface area contributed by atoms with Crippen molar-refractivity contribution in [1.29, 1.82) is 0 Å². The first-order valence-electron chi connectivity index (χ1n) is 5.31. The number of fused-ring (bicyclic) bond motifs is 1. The second-order valence-corrected chi connectivity index (χ2v) is 4.17. The first-order chi connectivity index (χ1) is 8.75. The average molecular weight is 255 g/mol. The standard InChI is InChI=1S/C12H9N5S/c13-10(18)9-4-2-6-17-12(9)15-11(16-17)8-3-1-5-14-7-8/h1-7H,(H2,13,18). The van der Waals surface area contributed by atoms with Gasteiger partial charge >= 0.3 is 0 Å². The minimum absolute atomic E-state index is 0.311.